The summed E-state index contributed by atoms with van der Waals surface area (Å²) in [6, 6.07) is 6.81. The average molecular weight is 327 g/mol. The van der Waals surface area contributed by atoms with Gasteiger partial charge in [0.05, 0.1) is 0 Å². The molecule has 6 heteroatoms. The molecule has 0 saturated carbocycles. The number of piperazine rings is 1. The molecule has 1 heterocycles. The van der Waals surface area contributed by atoms with Gasteiger partial charge in [0.1, 0.15) is 11.4 Å². The molecule has 0 spiro atoms. The second kappa shape index (κ2) is 6.20. The molecule has 1 aliphatic heterocycles. The van der Waals surface area contributed by atoms with Crippen LogP contribution >= 0.6 is 0 Å². The summed E-state index contributed by atoms with van der Waals surface area (Å²) in [5, 5.41) is 0. The number of rotatable bonds is 2. The number of hydrogen-bond donors (Lipinski definition) is 0. The molecule has 1 fully saturated rings. The highest BCUT2D eigenvalue weighted by atomic mass is 16.2. The van der Waals surface area contributed by atoms with Gasteiger partial charge in [-0.05, 0) is 7.05 Å². The van der Waals surface area contributed by atoms with Crippen LogP contribution in [0.1, 0.15) is 27.6 Å². The number of fused-ring (bicyclic) bond motifs is 1. The van der Waals surface area contributed by atoms with E-state index in [0.29, 0.717) is 29.9 Å². The van der Waals surface area contributed by atoms with E-state index in [0.717, 1.165) is 13.1 Å². The topological polar surface area (TPSA) is 60.9 Å². The van der Waals surface area contributed by atoms with Gasteiger partial charge < -0.3 is 14.7 Å². The Balaban J connectivity index is 2.14. The van der Waals surface area contributed by atoms with Crippen molar-refractivity contribution in [2.24, 2.45) is 0 Å². The fraction of sp³-hybridized carbons (Fsp3) is 0.389. The van der Waals surface area contributed by atoms with Crippen molar-refractivity contribution in [3.63, 3.8) is 0 Å². The molecule has 2 aliphatic rings. The van der Waals surface area contributed by atoms with E-state index in [1.54, 1.807) is 31.3 Å². The van der Waals surface area contributed by atoms with Gasteiger partial charge in [0.2, 0.25) is 17.5 Å². The normalized spacial score (nSPS) is 18.7. The smallest absolute Gasteiger partial charge is 0.223 e. The summed E-state index contributed by atoms with van der Waals surface area (Å²) in [5.41, 5.74) is 1.32. The van der Waals surface area contributed by atoms with E-state index in [2.05, 4.69) is 4.90 Å². The maximum Gasteiger partial charge on any atom is 0.223 e. The Morgan fingerprint density at radius 2 is 1.54 bits per heavy atom. The molecule has 1 aliphatic carbocycles. The van der Waals surface area contributed by atoms with E-state index >= 15 is 0 Å². The summed E-state index contributed by atoms with van der Waals surface area (Å²) < 4.78 is 0. The number of allylic oxidation sites excluding steroid dienone is 2. The molecule has 1 aromatic rings. The molecule has 1 amide bonds. The number of likely N-dealkylation sites (N-methyl/N-ethyl adjacent to an activating group) is 2. The molecule has 0 atom stereocenters. The number of amides is 1. The Morgan fingerprint density at radius 1 is 1.00 bits per heavy atom. The molecule has 0 radical (unpaired) electrons. The maximum absolute atomic E-state index is 13.1. The predicted octanol–water partition coefficient (Wildman–Crippen LogP) is 1.00. The summed E-state index contributed by atoms with van der Waals surface area (Å²) in [7, 11) is 3.57. The number of ketones is 2. The van der Waals surface area contributed by atoms with Crippen molar-refractivity contribution < 1.29 is 14.4 Å². The Kier molecular flexibility index (Phi) is 4.24. The van der Waals surface area contributed by atoms with Crippen molar-refractivity contribution in [2.75, 3.05) is 40.3 Å². The van der Waals surface area contributed by atoms with Crippen LogP contribution in [0.3, 0.4) is 0 Å². The van der Waals surface area contributed by atoms with Crippen LogP contribution in [0, 0.1) is 0 Å². The molecular formula is C18H21N3O3. The van der Waals surface area contributed by atoms with Crippen molar-refractivity contribution in [1.29, 1.82) is 0 Å². The maximum atomic E-state index is 13.1. The van der Waals surface area contributed by atoms with E-state index in [1.165, 1.54) is 11.8 Å². The molecule has 3 rings (SSSR count). The van der Waals surface area contributed by atoms with E-state index in [4.69, 9.17) is 0 Å². The molecule has 0 aromatic heterocycles. The summed E-state index contributed by atoms with van der Waals surface area (Å²) in [6.45, 7) is 4.32. The molecule has 6 nitrogen and oxygen atoms in total. The van der Waals surface area contributed by atoms with Crippen LogP contribution in [-0.4, -0.2) is 72.4 Å². The highest BCUT2D eigenvalue weighted by Crippen LogP contribution is 2.30. The molecule has 1 aromatic carbocycles. The van der Waals surface area contributed by atoms with Crippen LogP contribution in [0.5, 0.6) is 0 Å². The quantitative estimate of drug-likeness (QED) is 0.811. The van der Waals surface area contributed by atoms with Crippen LogP contribution in [0.2, 0.25) is 0 Å². The number of nitrogens with zero attached hydrogens (tertiary/aromatic N) is 3. The van der Waals surface area contributed by atoms with E-state index in [1.807, 2.05) is 11.9 Å². The fourth-order valence-corrected chi connectivity index (χ4v) is 3.14. The lowest BCUT2D eigenvalue weighted by Crippen LogP contribution is -2.48. The number of hydrogen-bond acceptors (Lipinski definition) is 5. The van der Waals surface area contributed by atoms with Gasteiger partial charge in [0.15, 0.2) is 0 Å². The third kappa shape index (κ3) is 2.63. The van der Waals surface area contributed by atoms with Gasteiger partial charge in [-0.15, -0.1) is 0 Å². The van der Waals surface area contributed by atoms with Crippen LogP contribution in [0.15, 0.2) is 35.7 Å². The minimum atomic E-state index is -0.267. The van der Waals surface area contributed by atoms with E-state index in [9.17, 15) is 14.4 Å². The number of carbonyl (C=O) groups is 3. The van der Waals surface area contributed by atoms with Crippen molar-refractivity contribution in [1.82, 2.24) is 14.7 Å². The van der Waals surface area contributed by atoms with Crippen LogP contribution < -0.4 is 0 Å². The van der Waals surface area contributed by atoms with Crippen LogP contribution in [-0.2, 0) is 4.79 Å². The Labute approximate surface area is 141 Å². The van der Waals surface area contributed by atoms with Gasteiger partial charge >= 0.3 is 0 Å². The summed E-state index contributed by atoms with van der Waals surface area (Å²) in [5.74, 6) is -0.716. The molecule has 0 bridgehead atoms. The third-order valence-corrected chi connectivity index (χ3v) is 4.70. The zero-order valence-corrected chi connectivity index (χ0v) is 14.2. The molecular weight excluding hydrogens is 306 g/mol. The first kappa shape index (κ1) is 16.4. The Hall–Kier alpha value is -2.47. The molecule has 0 unspecified atom stereocenters. The van der Waals surface area contributed by atoms with E-state index in [-0.39, 0.29) is 23.2 Å². The summed E-state index contributed by atoms with van der Waals surface area (Å²) in [4.78, 5) is 43.4. The highest BCUT2D eigenvalue weighted by Gasteiger charge is 2.38. The fourth-order valence-electron chi connectivity index (χ4n) is 3.14. The van der Waals surface area contributed by atoms with Gasteiger partial charge in [0.25, 0.3) is 0 Å². The standard InChI is InChI=1S/C18H21N3O3/c1-12(22)20(3)15-16(21-10-8-19(2)9-11-21)18(24)14-7-5-4-6-13(14)17(15)23/h4-7H,8-11H2,1-3H3. The van der Waals surface area contributed by atoms with E-state index < -0.39 is 0 Å². The van der Waals surface area contributed by atoms with Gasteiger partial charge in [-0.25, -0.2) is 0 Å². The Bertz CT molecular complexity index is 746. The molecule has 126 valence electrons. The first-order chi connectivity index (χ1) is 11.4. The molecule has 24 heavy (non-hydrogen) atoms. The second-order valence-electron chi connectivity index (χ2n) is 6.27. The largest absolute Gasteiger partial charge is 0.364 e. The lowest BCUT2D eigenvalue weighted by molar-refractivity contribution is -0.125. The number of benzene rings is 1. The minimum absolute atomic E-state index is 0.183. The minimum Gasteiger partial charge on any atom is -0.364 e. The first-order valence-corrected chi connectivity index (χ1v) is 8.02. The van der Waals surface area contributed by atoms with Crippen molar-refractivity contribution in [3.05, 3.63) is 46.8 Å². The van der Waals surface area contributed by atoms with Crippen LogP contribution in [0.4, 0.5) is 0 Å². The van der Waals surface area contributed by atoms with Gasteiger partial charge in [0, 0.05) is 51.3 Å². The SMILES string of the molecule is CC(=O)N(C)C1=C(N2CCN(C)CC2)C(=O)c2ccccc2C1=O. The second-order valence-corrected chi connectivity index (χ2v) is 6.27. The number of carbonyl (C=O) groups excluding carboxylic acids is 3. The Morgan fingerprint density at radius 3 is 2.08 bits per heavy atom. The summed E-state index contributed by atoms with van der Waals surface area (Å²) >= 11 is 0. The average Bonchev–Trinajstić information content (AvgIpc) is 2.58. The van der Waals surface area contributed by atoms with Gasteiger partial charge in [-0.2, -0.15) is 0 Å². The monoisotopic (exact) mass is 327 g/mol. The zero-order valence-electron chi connectivity index (χ0n) is 14.2. The third-order valence-electron chi connectivity index (χ3n) is 4.70. The first-order valence-electron chi connectivity index (χ1n) is 8.02. The zero-order chi connectivity index (χ0) is 17.4. The van der Waals surface area contributed by atoms with Gasteiger partial charge in [-0.1, -0.05) is 24.3 Å². The van der Waals surface area contributed by atoms with Crippen LogP contribution in [0.25, 0.3) is 0 Å². The van der Waals surface area contributed by atoms with Gasteiger partial charge in [-0.3, -0.25) is 14.4 Å². The lowest BCUT2D eigenvalue weighted by atomic mass is 9.89. The molecule has 0 N–H and O–H groups in total. The summed E-state index contributed by atoms with van der Waals surface area (Å²) in [6.07, 6.45) is 0. The lowest BCUT2D eigenvalue weighted by Gasteiger charge is -2.38. The van der Waals surface area contributed by atoms with Crippen molar-refractivity contribution in [2.45, 2.75) is 6.92 Å². The highest BCUT2D eigenvalue weighted by molar-refractivity contribution is 6.27. The molecule has 1 saturated heterocycles. The number of Topliss-reactive ketones (excluding diaryl/α,β-unsaturated/α-hetero) is 2. The van der Waals surface area contributed by atoms with Crippen molar-refractivity contribution >= 4 is 17.5 Å². The predicted molar refractivity (Wildman–Crippen MR) is 89.6 cm³/mol. The van der Waals surface area contributed by atoms with Crippen molar-refractivity contribution in [3.8, 4) is 0 Å².